The van der Waals surface area contributed by atoms with E-state index in [0.717, 1.165) is 5.70 Å². The summed E-state index contributed by atoms with van der Waals surface area (Å²) >= 11 is 0. The number of hydrogen-bond donors (Lipinski definition) is 1. The lowest BCUT2D eigenvalue weighted by Crippen LogP contribution is -1.97. The van der Waals surface area contributed by atoms with Gasteiger partial charge in [-0.3, -0.25) is 0 Å². The summed E-state index contributed by atoms with van der Waals surface area (Å²) in [6, 6.07) is 1.77. The van der Waals surface area contributed by atoms with Gasteiger partial charge >= 0.3 is 0 Å². The molecule has 1 rings (SSSR count). The van der Waals surface area contributed by atoms with Gasteiger partial charge in [-0.2, -0.15) is 0 Å². The molecule has 0 radical (unpaired) electrons. The van der Waals surface area contributed by atoms with E-state index in [1.165, 1.54) is 0 Å². The average Bonchev–Trinajstić information content (AvgIpc) is 1.88. The van der Waals surface area contributed by atoms with E-state index in [9.17, 15) is 0 Å². The maximum Gasteiger partial charge on any atom is 0.226 e. The fourth-order valence-corrected chi connectivity index (χ4v) is 0.555. The SMILES string of the molecule is C=C(C)Nc1ncccn1. The van der Waals surface area contributed by atoms with Crippen LogP contribution in [0.3, 0.4) is 0 Å². The fourth-order valence-electron chi connectivity index (χ4n) is 0.555. The van der Waals surface area contributed by atoms with E-state index in [4.69, 9.17) is 0 Å². The molecule has 0 fully saturated rings. The fraction of sp³-hybridized carbons (Fsp3) is 0.143. The van der Waals surface area contributed by atoms with Crippen molar-refractivity contribution in [2.24, 2.45) is 0 Å². The second-order valence-corrected chi connectivity index (χ2v) is 1.98. The Labute approximate surface area is 59.8 Å². The monoisotopic (exact) mass is 135 g/mol. The van der Waals surface area contributed by atoms with Gasteiger partial charge in [-0.25, -0.2) is 9.97 Å². The highest BCUT2D eigenvalue weighted by molar-refractivity contribution is 5.30. The molecule has 0 atom stereocenters. The first-order chi connectivity index (χ1) is 4.79. The number of anilines is 1. The minimum Gasteiger partial charge on any atom is -0.329 e. The van der Waals surface area contributed by atoms with Crippen molar-refractivity contribution >= 4 is 5.95 Å². The Hall–Kier alpha value is -1.38. The smallest absolute Gasteiger partial charge is 0.226 e. The molecule has 1 aromatic heterocycles. The third-order valence-corrected chi connectivity index (χ3v) is 0.891. The van der Waals surface area contributed by atoms with Crippen LogP contribution in [0.1, 0.15) is 6.92 Å². The highest BCUT2D eigenvalue weighted by Crippen LogP contribution is 1.96. The predicted molar refractivity (Wildman–Crippen MR) is 40.5 cm³/mol. The number of allylic oxidation sites excluding steroid dienone is 1. The summed E-state index contributed by atoms with van der Waals surface area (Å²) in [4.78, 5) is 7.87. The van der Waals surface area contributed by atoms with Crippen LogP contribution in [-0.4, -0.2) is 9.97 Å². The summed E-state index contributed by atoms with van der Waals surface area (Å²) < 4.78 is 0. The number of nitrogens with zero attached hydrogens (tertiary/aromatic N) is 2. The van der Waals surface area contributed by atoms with E-state index in [-0.39, 0.29) is 0 Å². The molecule has 0 aliphatic heterocycles. The van der Waals surface area contributed by atoms with Gasteiger partial charge in [0.2, 0.25) is 5.95 Å². The van der Waals surface area contributed by atoms with Gasteiger partial charge in [0.1, 0.15) is 0 Å². The zero-order chi connectivity index (χ0) is 7.40. The van der Waals surface area contributed by atoms with Crippen LogP contribution in [0.2, 0.25) is 0 Å². The summed E-state index contributed by atoms with van der Waals surface area (Å²) in [6.07, 6.45) is 3.36. The van der Waals surface area contributed by atoms with Crippen LogP contribution in [0, 0.1) is 0 Å². The summed E-state index contributed by atoms with van der Waals surface area (Å²) in [5.41, 5.74) is 0.839. The van der Waals surface area contributed by atoms with Gasteiger partial charge in [0.25, 0.3) is 0 Å². The molecule has 3 nitrogen and oxygen atoms in total. The van der Waals surface area contributed by atoms with E-state index in [2.05, 4.69) is 21.9 Å². The molecule has 0 aliphatic rings. The van der Waals surface area contributed by atoms with Crippen LogP contribution in [-0.2, 0) is 0 Å². The summed E-state index contributed by atoms with van der Waals surface area (Å²) in [6.45, 7) is 5.52. The van der Waals surface area contributed by atoms with Gasteiger partial charge in [0.05, 0.1) is 0 Å². The predicted octanol–water partition coefficient (Wildman–Crippen LogP) is 1.42. The third-order valence-electron chi connectivity index (χ3n) is 0.891. The number of aromatic nitrogens is 2. The van der Waals surface area contributed by atoms with Crippen molar-refractivity contribution in [1.29, 1.82) is 0 Å². The van der Waals surface area contributed by atoms with Gasteiger partial charge in [0.15, 0.2) is 0 Å². The standard InChI is InChI=1S/C7H9N3/c1-6(2)10-7-8-4-3-5-9-7/h3-5H,1H2,2H3,(H,8,9,10). The van der Waals surface area contributed by atoms with Crippen LogP contribution in [0.5, 0.6) is 0 Å². The lowest BCUT2D eigenvalue weighted by atomic mass is 10.6. The van der Waals surface area contributed by atoms with Crippen LogP contribution in [0.4, 0.5) is 5.95 Å². The molecule has 52 valence electrons. The third kappa shape index (κ3) is 1.85. The van der Waals surface area contributed by atoms with Crippen molar-refractivity contribution in [3.05, 3.63) is 30.7 Å². The number of rotatable bonds is 2. The Balaban J connectivity index is 2.67. The lowest BCUT2D eigenvalue weighted by molar-refractivity contribution is 1.14. The van der Waals surface area contributed by atoms with Gasteiger partial charge in [0, 0.05) is 18.1 Å². The molecule has 0 unspecified atom stereocenters. The first-order valence-corrected chi connectivity index (χ1v) is 2.98. The van der Waals surface area contributed by atoms with Crippen molar-refractivity contribution in [3.8, 4) is 0 Å². The van der Waals surface area contributed by atoms with Crippen LogP contribution in [0.25, 0.3) is 0 Å². The second-order valence-electron chi connectivity index (χ2n) is 1.98. The Morgan fingerprint density at radius 3 is 2.60 bits per heavy atom. The van der Waals surface area contributed by atoms with Gasteiger partial charge in [-0.15, -0.1) is 0 Å². The van der Waals surface area contributed by atoms with Crippen molar-refractivity contribution in [1.82, 2.24) is 9.97 Å². The maximum absolute atomic E-state index is 3.94. The second kappa shape index (κ2) is 2.96. The van der Waals surface area contributed by atoms with E-state index in [1.807, 2.05) is 6.92 Å². The molecule has 0 saturated heterocycles. The van der Waals surface area contributed by atoms with Gasteiger partial charge < -0.3 is 5.32 Å². The molecule has 0 spiro atoms. The lowest BCUT2D eigenvalue weighted by Gasteiger charge is -1.99. The molecule has 1 heterocycles. The van der Waals surface area contributed by atoms with E-state index >= 15 is 0 Å². The molecule has 0 bridgehead atoms. The first-order valence-electron chi connectivity index (χ1n) is 2.98. The van der Waals surface area contributed by atoms with Gasteiger partial charge in [-0.05, 0) is 13.0 Å². The minimum atomic E-state index is 0.593. The molecule has 0 amide bonds. The largest absolute Gasteiger partial charge is 0.329 e. The quantitative estimate of drug-likeness (QED) is 0.666. The van der Waals surface area contributed by atoms with Gasteiger partial charge in [-0.1, -0.05) is 6.58 Å². The number of nitrogens with one attached hydrogen (secondary N) is 1. The van der Waals surface area contributed by atoms with Crippen LogP contribution in [0.15, 0.2) is 30.7 Å². The normalized spacial score (nSPS) is 8.90. The van der Waals surface area contributed by atoms with Crippen LogP contribution < -0.4 is 5.32 Å². The molecule has 0 aromatic carbocycles. The molecule has 10 heavy (non-hydrogen) atoms. The molecule has 0 saturated carbocycles. The molecular formula is C7H9N3. The van der Waals surface area contributed by atoms with E-state index in [0.29, 0.717) is 5.95 Å². The Morgan fingerprint density at radius 1 is 1.50 bits per heavy atom. The highest BCUT2D eigenvalue weighted by Gasteiger charge is 1.88. The number of hydrogen-bond acceptors (Lipinski definition) is 3. The molecular weight excluding hydrogens is 126 g/mol. The highest BCUT2D eigenvalue weighted by atomic mass is 15.1. The van der Waals surface area contributed by atoms with Crippen molar-refractivity contribution in [2.45, 2.75) is 6.92 Å². The van der Waals surface area contributed by atoms with E-state index in [1.54, 1.807) is 18.5 Å². The summed E-state index contributed by atoms with van der Waals surface area (Å²) in [7, 11) is 0. The average molecular weight is 135 g/mol. The van der Waals surface area contributed by atoms with Crippen molar-refractivity contribution < 1.29 is 0 Å². The summed E-state index contributed by atoms with van der Waals surface area (Å²) in [5, 5.41) is 2.89. The minimum absolute atomic E-state index is 0.593. The van der Waals surface area contributed by atoms with Crippen LogP contribution >= 0.6 is 0 Å². The first kappa shape index (κ1) is 6.74. The van der Waals surface area contributed by atoms with Crippen molar-refractivity contribution in [3.63, 3.8) is 0 Å². The van der Waals surface area contributed by atoms with Crippen molar-refractivity contribution in [2.75, 3.05) is 5.32 Å². The Bertz CT molecular complexity index is 218. The Kier molecular flexibility index (Phi) is 1.99. The zero-order valence-electron chi connectivity index (χ0n) is 5.83. The molecule has 1 N–H and O–H groups in total. The zero-order valence-corrected chi connectivity index (χ0v) is 5.83. The summed E-state index contributed by atoms with van der Waals surface area (Å²) in [5.74, 6) is 0.593. The molecule has 0 aliphatic carbocycles. The Morgan fingerprint density at radius 2 is 2.10 bits per heavy atom. The molecule has 1 aromatic rings. The molecule has 3 heteroatoms. The van der Waals surface area contributed by atoms with E-state index < -0.39 is 0 Å². The maximum atomic E-state index is 3.94. The topological polar surface area (TPSA) is 37.8 Å².